The van der Waals surface area contributed by atoms with Crippen molar-refractivity contribution >= 4 is 75.9 Å². The number of allylic oxidation sites excluding steroid dienone is 3. The minimum absolute atomic E-state index is 0.0626. The number of epoxide rings is 1. The Kier molecular flexibility index (Phi) is 26.9. The minimum atomic E-state index is -1.92. The minimum Gasteiger partial charge on any atom is -0.495 e. The summed E-state index contributed by atoms with van der Waals surface area (Å²) in [5.41, 5.74) is 4.40. The molecule has 2 unspecified atom stereocenters. The maximum atomic E-state index is 14.7. The summed E-state index contributed by atoms with van der Waals surface area (Å²) in [4.78, 5) is 118. The van der Waals surface area contributed by atoms with Gasteiger partial charge < -0.3 is 71.9 Å². The molecule has 584 valence electrons. The van der Waals surface area contributed by atoms with Crippen molar-refractivity contribution in [3.63, 3.8) is 0 Å². The fraction of sp³-hybridized carbons (Fsp3) is 0.531. The number of piperidine rings is 1. The third kappa shape index (κ3) is 19.6. The molecule has 108 heavy (non-hydrogen) atoms. The van der Waals surface area contributed by atoms with Crippen molar-refractivity contribution in [3.05, 3.63) is 142 Å². The number of carbonyl (C=O) groups is 8. The number of halogens is 1. The summed E-state index contributed by atoms with van der Waals surface area (Å²) in [6.45, 7) is 14.5. The summed E-state index contributed by atoms with van der Waals surface area (Å²) in [6, 6.07) is 28.4. The molecule has 4 aliphatic heterocycles. The lowest BCUT2D eigenvalue weighted by molar-refractivity contribution is -0.162. The van der Waals surface area contributed by atoms with Gasteiger partial charge in [-0.2, -0.15) is 0 Å². The number of ether oxygens (including phenoxy) is 9. The van der Waals surface area contributed by atoms with Crippen molar-refractivity contribution in [1.82, 2.24) is 34.6 Å². The Hall–Kier alpha value is -8.89. The van der Waals surface area contributed by atoms with Crippen LogP contribution in [0.5, 0.6) is 5.75 Å². The molecule has 6 amide bonds. The molecule has 4 bridgehead atoms. The summed E-state index contributed by atoms with van der Waals surface area (Å²) in [5, 5.41) is 19.0. The highest BCUT2D eigenvalue weighted by molar-refractivity contribution is 6.35. The first-order valence-corrected chi connectivity index (χ1v) is 37.5. The number of hydrogen-bond acceptors (Lipinski definition) is 19. The van der Waals surface area contributed by atoms with Crippen LogP contribution in [0.25, 0.3) is 22.0 Å². The molecular weight excluding hydrogens is 1410 g/mol. The number of likely N-dealkylation sites (tertiary alicyclic amines) is 1. The van der Waals surface area contributed by atoms with Gasteiger partial charge in [0.2, 0.25) is 23.6 Å². The number of carbonyl (C=O) groups excluding carboxylic acids is 8. The number of anilines is 1. The summed E-state index contributed by atoms with van der Waals surface area (Å²) in [6.07, 6.45) is 0.196. The number of hydrogen-bond donors (Lipinski definition) is 2. The Labute approximate surface area is 637 Å². The summed E-state index contributed by atoms with van der Waals surface area (Å²) >= 11 is 6.92. The first-order valence-electron chi connectivity index (χ1n) is 37.1. The maximum absolute atomic E-state index is 14.7. The van der Waals surface area contributed by atoms with E-state index in [0.29, 0.717) is 56.9 Å². The topological polar surface area (TPSA) is 280 Å². The highest BCUT2D eigenvalue weighted by atomic mass is 35.5. The molecule has 3 fully saturated rings. The van der Waals surface area contributed by atoms with Crippen LogP contribution in [0.4, 0.5) is 15.3 Å². The van der Waals surface area contributed by atoms with Crippen LogP contribution in [0.2, 0.25) is 5.02 Å². The lowest BCUT2D eigenvalue weighted by Gasteiger charge is -2.42. The van der Waals surface area contributed by atoms with E-state index < -0.39 is 89.7 Å². The Morgan fingerprint density at radius 1 is 0.843 bits per heavy atom. The predicted molar refractivity (Wildman–Crippen MR) is 404 cm³/mol. The van der Waals surface area contributed by atoms with E-state index in [4.69, 9.17) is 54.2 Å². The number of para-hydroxylation sites is 1. The number of fused-ring (bicyclic) bond motifs is 9. The number of benzene rings is 4. The second-order valence-electron chi connectivity index (χ2n) is 29.9. The predicted octanol–water partition coefficient (Wildman–Crippen LogP) is 10.2. The van der Waals surface area contributed by atoms with Crippen LogP contribution in [0.15, 0.2) is 115 Å². The van der Waals surface area contributed by atoms with Crippen molar-refractivity contribution in [2.24, 2.45) is 5.92 Å². The summed E-state index contributed by atoms with van der Waals surface area (Å²) in [5.74, 6) is -3.14. The van der Waals surface area contributed by atoms with Crippen LogP contribution in [0.3, 0.4) is 0 Å². The molecule has 26 nitrogen and oxygen atoms in total. The van der Waals surface area contributed by atoms with E-state index in [2.05, 4.69) is 40.2 Å². The van der Waals surface area contributed by atoms with Crippen LogP contribution >= 0.6 is 11.6 Å². The van der Waals surface area contributed by atoms with Crippen LogP contribution in [-0.2, 0) is 86.2 Å². The number of nitrogens with zero attached hydrogens (tertiary/aromatic N) is 7. The number of nitrogens with one attached hydrogen (secondary N) is 1. The zero-order valence-corrected chi connectivity index (χ0v) is 65.1. The average molecular weight is 1510 g/mol. The van der Waals surface area contributed by atoms with Gasteiger partial charge in [0.15, 0.2) is 5.72 Å². The Morgan fingerprint density at radius 2 is 1.50 bits per heavy atom. The van der Waals surface area contributed by atoms with E-state index in [1.165, 1.54) is 43.0 Å². The van der Waals surface area contributed by atoms with Gasteiger partial charge in [0.05, 0.1) is 64.7 Å². The quantitative estimate of drug-likeness (QED) is 0.0171. The molecule has 3 saturated heterocycles. The van der Waals surface area contributed by atoms with Gasteiger partial charge in [-0.15, -0.1) is 0 Å². The van der Waals surface area contributed by atoms with Crippen LogP contribution < -0.4 is 15.0 Å². The van der Waals surface area contributed by atoms with Gasteiger partial charge in [-0.25, -0.2) is 24.4 Å². The fourth-order valence-electron chi connectivity index (χ4n) is 14.9. The van der Waals surface area contributed by atoms with Gasteiger partial charge in [-0.3, -0.25) is 29.3 Å². The molecule has 5 aromatic rings. The number of rotatable bonds is 26. The Morgan fingerprint density at radius 3 is 2.18 bits per heavy atom. The lowest BCUT2D eigenvalue weighted by Crippen LogP contribution is -2.63. The van der Waals surface area contributed by atoms with E-state index in [1.54, 1.807) is 82.9 Å². The number of hydrazine groups is 1. The van der Waals surface area contributed by atoms with Gasteiger partial charge in [-0.1, -0.05) is 109 Å². The van der Waals surface area contributed by atoms with Gasteiger partial charge >= 0.3 is 24.1 Å². The van der Waals surface area contributed by atoms with Crippen molar-refractivity contribution < 1.29 is 86.1 Å². The van der Waals surface area contributed by atoms with Crippen molar-refractivity contribution in [3.8, 4) is 16.9 Å². The van der Waals surface area contributed by atoms with Crippen LogP contribution in [0.1, 0.15) is 128 Å². The normalized spacial score (nSPS) is 22.9. The van der Waals surface area contributed by atoms with Crippen LogP contribution in [-0.4, -0.2) is 231 Å². The van der Waals surface area contributed by atoms with E-state index >= 15 is 0 Å². The number of esters is 2. The Bertz CT molecular complexity index is 4100. The monoisotopic (exact) mass is 1510 g/mol. The number of likely N-dealkylation sites (N-methyl/N-ethyl adjacent to an activating group) is 1. The summed E-state index contributed by atoms with van der Waals surface area (Å²) in [7, 11) is 9.36. The van der Waals surface area contributed by atoms with E-state index in [9.17, 15) is 43.5 Å². The molecule has 27 heteroatoms. The smallest absolute Gasteiger partial charge is 0.424 e. The molecule has 5 aliphatic rings. The van der Waals surface area contributed by atoms with E-state index in [1.807, 2.05) is 73.5 Å². The maximum Gasteiger partial charge on any atom is 0.424 e. The van der Waals surface area contributed by atoms with Crippen molar-refractivity contribution in [2.45, 2.75) is 179 Å². The van der Waals surface area contributed by atoms with Gasteiger partial charge in [0, 0.05) is 116 Å². The Balaban J connectivity index is 0.776. The molecular formula is C81H105ClN8O18. The number of methoxy groups -OCH3 is 2. The molecule has 10 rings (SSSR count). The molecule has 5 heterocycles. The van der Waals surface area contributed by atoms with Gasteiger partial charge in [-0.05, 0) is 118 Å². The largest absolute Gasteiger partial charge is 0.495 e. The van der Waals surface area contributed by atoms with E-state index in [-0.39, 0.29) is 106 Å². The average Bonchev–Trinajstić information content (AvgIpc) is 1.57. The SMILES string of the molecule is COc1cc2cc(c1Cl)N(C)C(=O)C[C@H](OC(=O)[C@H](C)N(C)C(=O)CCC(=O)N(CCOCCOCCC(=O)OC(C)(C)C)C1CCN(C(=O)CCn3c(CN(C)N(C)C(=O)OCC4c5ccccc5-c5ccccc54)cc4ccccc43)CC1)C1(C)OC1[C@H](C)[C@@H]1C[C@@](O)(NC(=O)O1)[C@H](OC)/C=C/C=C(\C)C2. The molecule has 1 aromatic heterocycles. The second-order valence-corrected chi connectivity index (χ2v) is 30.3. The molecule has 0 saturated carbocycles. The number of alkyl carbamates (subject to hydrolysis) is 1. The molecule has 4 aromatic carbocycles. The van der Waals surface area contributed by atoms with E-state index in [0.717, 1.165) is 50.0 Å². The second kappa shape index (κ2) is 35.6. The molecule has 8 atom stereocenters. The van der Waals surface area contributed by atoms with Crippen molar-refractivity contribution in [2.75, 3.05) is 100.0 Å². The molecule has 1 aliphatic carbocycles. The number of aromatic nitrogens is 1. The lowest BCUT2D eigenvalue weighted by atomic mass is 9.83. The first-order chi connectivity index (χ1) is 51.4. The van der Waals surface area contributed by atoms with Crippen molar-refractivity contribution in [1.29, 1.82) is 0 Å². The van der Waals surface area contributed by atoms with Crippen LogP contribution in [0, 0.1) is 5.92 Å². The fourth-order valence-corrected chi connectivity index (χ4v) is 15.2. The molecule has 2 N–H and O–H groups in total. The standard InChI is InChI=1S/C81H105ClN8O18/c1-51-21-20-28-67(101-13)81(99)48-66(105-77(97)83-81)52(2)75-80(7,108-75)68(47-72(94)86(10)64-44-54(43-51)45-65(100-12)74(64)82)106-76(96)53(3)85(9)69(91)29-30-71(93)90(38-40-103-42-41-102-39-34-73(95)107-79(4,5)6)56-31-35-88(36-32-56)70(92)33-37-89-57(46-55-22-14-19-27-63(55)89)49-84(8)87(11)78(98)104-50-62-60-25-17-15-23-58(60)59-24-16-18-26-61(59)62/h14-28,44-46,52-53,56,62,66-68,75,99H,29-43,47-50H2,1-13H3,(H,83,97)/b28-20+,51-21+/t52-,53+,66+,67-,68+,75?,80?,81+/m1/s1. The molecule has 0 spiro atoms. The zero-order valence-electron chi connectivity index (χ0n) is 64.3. The zero-order chi connectivity index (χ0) is 77.9. The third-order valence-corrected chi connectivity index (χ3v) is 21.7. The number of aliphatic hydroxyl groups is 1. The first kappa shape index (κ1) is 81.6. The molecule has 0 radical (unpaired) electrons. The number of aryl methyl sites for hydroxylation is 1. The summed E-state index contributed by atoms with van der Waals surface area (Å²) < 4.78 is 55.0. The highest BCUT2D eigenvalue weighted by Crippen LogP contribution is 2.50. The third-order valence-electron chi connectivity index (χ3n) is 21.3. The highest BCUT2D eigenvalue weighted by Gasteiger charge is 2.64. The van der Waals surface area contributed by atoms with Gasteiger partial charge in [0.25, 0.3) is 0 Å². The van der Waals surface area contributed by atoms with Gasteiger partial charge in [0.1, 0.15) is 52.9 Å². The number of amides is 6.